The van der Waals surface area contributed by atoms with Gasteiger partial charge in [0.05, 0.1) is 18.4 Å². The van der Waals surface area contributed by atoms with E-state index in [2.05, 4.69) is 16.0 Å². The normalized spacial score (nSPS) is 11.9. The number of amides is 1. The number of benzene rings is 2. The van der Waals surface area contributed by atoms with Crippen LogP contribution in [0.4, 0.5) is 10.1 Å². The Morgan fingerprint density at radius 2 is 1.69 bits per heavy atom. The van der Waals surface area contributed by atoms with E-state index in [1.54, 1.807) is 24.3 Å². The van der Waals surface area contributed by atoms with Crippen LogP contribution in [0.3, 0.4) is 0 Å². The lowest BCUT2D eigenvalue weighted by molar-refractivity contribution is 0.0601. The maximum Gasteiger partial charge on any atom is 0.339 e. The average Bonchev–Trinajstić information content (AvgIpc) is 2.67. The molecule has 11 heteroatoms. The first kappa shape index (κ1) is 23.2. The van der Waals surface area contributed by atoms with Crippen molar-refractivity contribution < 1.29 is 18.7 Å². The molecule has 0 aliphatic rings. The Hall–Kier alpha value is -2.13. The van der Waals surface area contributed by atoms with E-state index in [4.69, 9.17) is 51.8 Å². The summed E-state index contributed by atoms with van der Waals surface area (Å²) in [5, 5.41) is 7.90. The molecule has 1 amide bonds. The summed E-state index contributed by atoms with van der Waals surface area (Å²) >= 11 is 23.0. The van der Waals surface area contributed by atoms with Gasteiger partial charge in [0, 0.05) is 5.56 Å². The molecule has 0 fully saturated rings. The molecule has 0 heterocycles. The molecule has 2 aromatic carbocycles. The van der Waals surface area contributed by atoms with E-state index in [0.29, 0.717) is 5.69 Å². The van der Waals surface area contributed by atoms with Crippen LogP contribution in [0.25, 0.3) is 0 Å². The van der Waals surface area contributed by atoms with Crippen LogP contribution in [0.2, 0.25) is 0 Å². The van der Waals surface area contributed by atoms with Gasteiger partial charge >= 0.3 is 5.97 Å². The van der Waals surface area contributed by atoms with Gasteiger partial charge in [0.15, 0.2) is 5.11 Å². The fourth-order valence-corrected chi connectivity index (χ4v) is 2.74. The molecule has 6 nitrogen and oxygen atoms in total. The molecule has 0 aliphatic heterocycles. The second-order valence-electron chi connectivity index (χ2n) is 5.59. The van der Waals surface area contributed by atoms with E-state index in [9.17, 15) is 14.0 Å². The first-order valence-corrected chi connectivity index (χ1v) is 9.54. The summed E-state index contributed by atoms with van der Waals surface area (Å²) in [6, 6.07) is 11.3. The number of alkyl halides is 3. The Balaban J connectivity index is 2.13. The largest absolute Gasteiger partial charge is 0.465 e. The summed E-state index contributed by atoms with van der Waals surface area (Å²) in [4.78, 5) is 24.2. The molecular weight excluding hydrogens is 464 g/mol. The topological polar surface area (TPSA) is 79.5 Å². The van der Waals surface area contributed by atoms with Crippen molar-refractivity contribution in [2.45, 2.75) is 9.96 Å². The SMILES string of the molecule is COC(=O)c1ccccc1NC(=S)N[C@H](NC(=O)c1ccc(F)cc1)C(Cl)(Cl)Cl. The highest BCUT2D eigenvalue weighted by atomic mass is 35.6. The number of methoxy groups -OCH3 is 1. The van der Waals surface area contributed by atoms with Gasteiger partial charge in [-0.05, 0) is 48.6 Å². The minimum Gasteiger partial charge on any atom is -0.465 e. The predicted octanol–water partition coefficient (Wildman–Crippen LogP) is 4.03. The van der Waals surface area contributed by atoms with Crippen LogP contribution in [-0.2, 0) is 4.74 Å². The Bertz CT molecular complexity index is 907. The molecule has 3 N–H and O–H groups in total. The van der Waals surface area contributed by atoms with Crippen molar-refractivity contribution >= 4 is 69.7 Å². The second-order valence-corrected chi connectivity index (χ2v) is 8.37. The average molecular weight is 479 g/mol. The van der Waals surface area contributed by atoms with Gasteiger partial charge in [0.1, 0.15) is 12.0 Å². The van der Waals surface area contributed by atoms with Crippen LogP contribution in [0.5, 0.6) is 0 Å². The molecule has 0 unspecified atom stereocenters. The fraction of sp³-hybridized carbons (Fsp3) is 0.167. The lowest BCUT2D eigenvalue weighted by Crippen LogP contribution is -2.56. The van der Waals surface area contributed by atoms with Gasteiger partial charge in [-0.15, -0.1) is 0 Å². The number of halogens is 4. The van der Waals surface area contributed by atoms with Crippen LogP contribution in [-0.4, -0.2) is 34.1 Å². The summed E-state index contributed by atoms with van der Waals surface area (Å²) in [5.74, 6) is -1.68. The van der Waals surface area contributed by atoms with Crippen LogP contribution in [0, 0.1) is 5.82 Å². The number of rotatable bonds is 5. The Morgan fingerprint density at radius 3 is 2.28 bits per heavy atom. The van der Waals surface area contributed by atoms with Crippen LogP contribution < -0.4 is 16.0 Å². The number of ether oxygens (including phenoxy) is 1. The molecule has 0 saturated carbocycles. The number of nitrogens with one attached hydrogen (secondary N) is 3. The Morgan fingerprint density at radius 1 is 1.07 bits per heavy atom. The minimum atomic E-state index is -1.98. The highest BCUT2D eigenvalue weighted by Gasteiger charge is 2.35. The van der Waals surface area contributed by atoms with E-state index in [1.807, 2.05) is 0 Å². The number of carbonyl (C=O) groups is 2. The third kappa shape index (κ3) is 6.71. The molecule has 0 aromatic heterocycles. The minimum absolute atomic E-state index is 0.0305. The Kier molecular flexibility index (Phi) is 8.04. The summed E-state index contributed by atoms with van der Waals surface area (Å²) in [6.45, 7) is 0. The molecule has 0 radical (unpaired) electrons. The zero-order valence-corrected chi connectivity index (χ0v) is 17.9. The molecule has 0 aliphatic carbocycles. The third-order valence-corrected chi connectivity index (χ3v) is 4.44. The first-order chi connectivity index (χ1) is 13.6. The molecule has 2 rings (SSSR count). The van der Waals surface area contributed by atoms with Crippen molar-refractivity contribution in [3.05, 3.63) is 65.5 Å². The number of para-hydroxylation sites is 1. The van der Waals surface area contributed by atoms with E-state index in [1.165, 1.54) is 19.2 Å². The molecule has 0 spiro atoms. The van der Waals surface area contributed by atoms with Gasteiger partial charge in [0.25, 0.3) is 5.91 Å². The highest BCUT2D eigenvalue weighted by molar-refractivity contribution is 7.80. The molecular formula is C18H15Cl3FN3O3S. The van der Waals surface area contributed by atoms with E-state index < -0.39 is 27.7 Å². The zero-order valence-electron chi connectivity index (χ0n) is 14.8. The molecule has 0 bridgehead atoms. The maximum atomic E-state index is 13.0. The quantitative estimate of drug-likeness (QED) is 0.261. The van der Waals surface area contributed by atoms with Crippen molar-refractivity contribution in [1.29, 1.82) is 0 Å². The van der Waals surface area contributed by atoms with Gasteiger partial charge in [0.2, 0.25) is 3.79 Å². The summed E-state index contributed by atoms with van der Waals surface area (Å²) in [7, 11) is 1.25. The third-order valence-electron chi connectivity index (χ3n) is 3.57. The van der Waals surface area contributed by atoms with Gasteiger partial charge in [-0.2, -0.15) is 0 Å². The lowest BCUT2D eigenvalue weighted by atomic mass is 10.2. The smallest absolute Gasteiger partial charge is 0.339 e. The number of anilines is 1. The van der Waals surface area contributed by atoms with Crippen molar-refractivity contribution in [3.63, 3.8) is 0 Å². The molecule has 0 saturated heterocycles. The monoisotopic (exact) mass is 477 g/mol. The van der Waals surface area contributed by atoms with Crippen molar-refractivity contribution in [3.8, 4) is 0 Å². The van der Waals surface area contributed by atoms with Gasteiger partial charge in [-0.1, -0.05) is 46.9 Å². The number of carbonyl (C=O) groups excluding carboxylic acids is 2. The van der Waals surface area contributed by atoms with Crippen LogP contribution >= 0.6 is 47.0 Å². The van der Waals surface area contributed by atoms with E-state index >= 15 is 0 Å². The van der Waals surface area contributed by atoms with Gasteiger partial charge in [-0.25, -0.2) is 9.18 Å². The zero-order chi connectivity index (χ0) is 21.6. The van der Waals surface area contributed by atoms with E-state index in [0.717, 1.165) is 12.1 Å². The number of hydrogen-bond donors (Lipinski definition) is 3. The van der Waals surface area contributed by atoms with E-state index in [-0.39, 0.29) is 16.2 Å². The summed E-state index contributed by atoms with van der Waals surface area (Å²) < 4.78 is 15.8. The number of hydrogen-bond acceptors (Lipinski definition) is 4. The number of esters is 1. The van der Waals surface area contributed by atoms with Gasteiger partial charge in [-0.3, -0.25) is 4.79 Å². The maximum absolute atomic E-state index is 13.0. The van der Waals surface area contributed by atoms with Crippen molar-refractivity contribution in [2.24, 2.45) is 0 Å². The second kappa shape index (κ2) is 10.1. The fourth-order valence-electron chi connectivity index (χ4n) is 2.19. The van der Waals surface area contributed by atoms with Crippen molar-refractivity contribution in [1.82, 2.24) is 10.6 Å². The molecule has 154 valence electrons. The lowest BCUT2D eigenvalue weighted by Gasteiger charge is -2.28. The number of thiocarbonyl (C=S) groups is 1. The van der Waals surface area contributed by atoms with Crippen LogP contribution in [0.1, 0.15) is 20.7 Å². The summed E-state index contributed by atoms with van der Waals surface area (Å²) in [5.41, 5.74) is 0.743. The molecule has 29 heavy (non-hydrogen) atoms. The van der Waals surface area contributed by atoms with Crippen molar-refractivity contribution in [2.75, 3.05) is 12.4 Å². The predicted molar refractivity (Wildman–Crippen MR) is 115 cm³/mol. The standard InChI is InChI=1S/C18H15Cl3FN3O3S/c1-28-15(27)12-4-2-3-5-13(12)23-17(29)25-16(18(19,20)21)24-14(26)10-6-8-11(22)9-7-10/h2-9,16H,1H3,(H,24,26)(H2,23,25,29)/t16-/m0/s1. The first-order valence-electron chi connectivity index (χ1n) is 8.00. The van der Waals surface area contributed by atoms with Crippen LogP contribution in [0.15, 0.2) is 48.5 Å². The molecule has 1 atom stereocenters. The highest BCUT2D eigenvalue weighted by Crippen LogP contribution is 2.29. The summed E-state index contributed by atoms with van der Waals surface area (Å²) in [6.07, 6.45) is -1.24. The molecule has 2 aromatic rings. The van der Waals surface area contributed by atoms with Gasteiger partial charge < -0.3 is 20.7 Å². The Labute approximate surface area is 186 Å².